The zero-order valence-electron chi connectivity index (χ0n) is 21.2. The maximum Gasteiger partial charge on any atom is 0.337 e. The van der Waals surface area contributed by atoms with Gasteiger partial charge in [-0.25, -0.2) is 14.5 Å². The predicted octanol–water partition coefficient (Wildman–Crippen LogP) is 3.86. The molecule has 0 radical (unpaired) electrons. The average molecular weight is 518 g/mol. The van der Waals surface area contributed by atoms with Gasteiger partial charge in [-0.15, -0.1) is 0 Å². The number of nitrogens with zero attached hydrogens (tertiary/aromatic N) is 2. The van der Waals surface area contributed by atoms with E-state index in [1.807, 2.05) is 0 Å². The third-order valence-corrected chi connectivity index (χ3v) is 6.11. The Bertz CT molecular complexity index is 1340. The zero-order chi connectivity index (χ0) is 27.2. The van der Waals surface area contributed by atoms with Gasteiger partial charge >= 0.3 is 12.0 Å². The molecule has 1 fully saturated rings. The van der Waals surface area contributed by atoms with Gasteiger partial charge in [0, 0.05) is 18.3 Å². The van der Waals surface area contributed by atoms with Crippen molar-refractivity contribution in [2.45, 2.75) is 19.0 Å². The molecule has 1 heterocycles. The lowest BCUT2D eigenvalue weighted by Gasteiger charge is -2.22. The van der Waals surface area contributed by atoms with Crippen LogP contribution in [0.5, 0.6) is 11.5 Å². The van der Waals surface area contributed by atoms with Crippen molar-refractivity contribution >= 4 is 35.2 Å². The fourth-order valence-corrected chi connectivity index (χ4v) is 4.12. The molecule has 10 heteroatoms. The van der Waals surface area contributed by atoms with Gasteiger partial charge in [-0.05, 0) is 54.1 Å². The van der Waals surface area contributed by atoms with Gasteiger partial charge in [0.2, 0.25) is 5.91 Å². The number of ether oxygens (including phenoxy) is 3. The lowest BCUT2D eigenvalue weighted by Crippen LogP contribution is -2.37. The maximum absolute atomic E-state index is 13.5. The molecule has 4 rings (SSSR count). The van der Waals surface area contributed by atoms with Crippen LogP contribution in [0.1, 0.15) is 22.3 Å². The first kappa shape index (κ1) is 26.2. The van der Waals surface area contributed by atoms with Crippen LogP contribution in [0.2, 0.25) is 0 Å². The molecule has 1 aliphatic heterocycles. The molecule has 1 aliphatic rings. The van der Waals surface area contributed by atoms with Crippen LogP contribution in [0.15, 0.2) is 72.8 Å². The number of carbonyl (C=O) groups excluding carboxylic acids is 4. The number of rotatable bonds is 9. The highest BCUT2D eigenvalue weighted by Gasteiger charge is 2.46. The monoisotopic (exact) mass is 517 g/mol. The summed E-state index contributed by atoms with van der Waals surface area (Å²) in [6.45, 7) is 0.112. The Hall–Kier alpha value is -4.86. The van der Waals surface area contributed by atoms with Crippen LogP contribution in [0, 0.1) is 0 Å². The van der Waals surface area contributed by atoms with Gasteiger partial charge in [-0.2, -0.15) is 0 Å². The van der Waals surface area contributed by atoms with Crippen molar-refractivity contribution in [3.63, 3.8) is 0 Å². The summed E-state index contributed by atoms with van der Waals surface area (Å²) in [7, 11) is 4.33. The molecular weight excluding hydrogens is 490 g/mol. The van der Waals surface area contributed by atoms with Crippen molar-refractivity contribution in [1.29, 1.82) is 0 Å². The second-order valence-electron chi connectivity index (χ2n) is 8.47. The molecule has 0 bridgehead atoms. The first-order valence-corrected chi connectivity index (χ1v) is 11.7. The van der Waals surface area contributed by atoms with Crippen LogP contribution < -0.4 is 19.7 Å². The molecule has 3 aromatic rings. The average Bonchev–Trinajstić information content (AvgIpc) is 3.17. The Morgan fingerprint density at radius 3 is 2.18 bits per heavy atom. The number of amides is 4. The minimum atomic E-state index is -1.04. The van der Waals surface area contributed by atoms with Crippen molar-refractivity contribution < 1.29 is 33.4 Å². The largest absolute Gasteiger partial charge is 0.497 e. The van der Waals surface area contributed by atoms with Crippen LogP contribution >= 0.6 is 0 Å². The number of imide groups is 1. The van der Waals surface area contributed by atoms with Crippen molar-refractivity contribution in [3.05, 3.63) is 83.9 Å². The second-order valence-corrected chi connectivity index (χ2v) is 8.47. The first-order valence-electron chi connectivity index (χ1n) is 11.7. The van der Waals surface area contributed by atoms with Crippen LogP contribution in [0.25, 0.3) is 0 Å². The lowest BCUT2D eigenvalue weighted by molar-refractivity contribution is -0.124. The smallest absolute Gasteiger partial charge is 0.337 e. The molecule has 0 unspecified atom stereocenters. The van der Waals surface area contributed by atoms with E-state index in [9.17, 15) is 19.2 Å². The summed E-state index contributed by atoms with van der Waals surface area (Å²) in [5, 5.41) is 2.72. The first-order chi connectivity index (χ1) is 18.3. The minimum Gasteiger partial charge on any atom is -0.497 e. The number of methoxy groups -OCH3 is 3. The molecule has 1 N–H and O–H groups in total. The van der Waals surface area contributed by atoms with Crippen molar-refractivity contribution in [2.24, 2.45) is 0 Å². The van der Waals surface area contributed by atoms with E-state index < -0.39 is 29.9 Å². The summed E-state index contributed by atoms with van der Waals surface area (Å²) >= 11 is 0. The standard InChI is InChI=1S/C28H27N3O7/c1-36-22-13-7-18(8-14-22)17-30-24(16-25(32)29-20-11-9-19(10-12-20)27(34)38-3)26(33)31(28(30)35)21-5-4-6-23(15-21)37-2/h4-15,24H,16-17H2,1-3H3,(H,29,32)/t24-/m1/s1. The summed E-state index contributed by atoms with van der Waals surface area (Å²) in [5.74, 6) is -0.335. The molecule has 4 amide bonds. The number of nitrogens with one attached hydrogen (secondary N) is 1. The van der Waals surface area contributed by atoms with Gasteiger partial charge in [0.15, 0.2) is 0 Å². The Morgan fingerprint density at radius 2 is 1.55 bits per heavy atom. The Labute approximate surface area is 219 Å². The fraction of sp³-hybridized carbons (Fsp3) is 0.214. The van der Waals surface area contributed by atoms with E-state index in [2.05, 4.69) is 10.1 Å². The van der Waals surface area contributed by atoms with Crippen LogP contribution in [-0.2, 0) is 20.9 Å². The number of hydrogen-bond donors (Lipinski definition) is 1. The van der Waals surface area contributed by atoms with E-state index >= 15 is 0 Å². The van der Waals surface area contributed by atoms with Gasteiger partial charge < -0.3 is 24.4 Å². The number of urea groups is 1. The van der Waals surface area contributed by atoms with E-state index in [-0.39, 0.29) is 13.0 Å². The van der Waals surface area contributed by atoms with E-state index in [1.165, 1.54) is 31.3 Å². The Kier molecular flexibility index (Phi) is 7.91. The molecule has 0 spiro atoms. The highest BCUT2D eigenvalue weighted by atomic mass is 16.5. The number of hydrogen-bond acceptors (Lipinski definition) is 7. The summed E-state index contributed by atoms with van der Waals surface area (Å²) in [4.78, 5) is 54.1. The highest BCUT2D eigenvalue weighted by Crippen LogP contribution is 2.31. The van der Waals surface area contributed by atoms with Crippen LogP contribution in [-0.4, -0.2) is 56.1 Å². The molecule has 10 nitrogen and oxygen atoms in total. The molecular formula is C28H27N3O7. The summed E-state index contributed by atoms with van der Waals surface area (Å²) in [5.41, 5.74) is 1.89. The summed E-state index contributed by atoms with van der Waals surface area (Å²) < 4.78 is 15.1. The molecule has 0 saturated carbocycles. The molecule has 38 heavy (non-hydrogen) atoms. The third-order valence-electron chi connectivity index (χ3n) is 6.11. The zero-order valence-corrected chi connectivity index (χ0v) is 21.2. The molecule has 0 aromatic heterocycles. The van der Waals surface area contributed by atoms with Crippen LogP contribution in [0.3, 0.4) is 0 Å². The van der Waals surface area contributed by atoms with Crippen molar-refractivity contribution in [1.82, 2.24) is 4.90 Å². The number of esters is 1. The van der Waals surface area contributed by atoms with Gasteiger partial charge in [0.1, 0.15) is 17.5 Å². The minimum absolute atomic E-state index is 0.112. The molecule has 1 atom stereocenters. The number of benzene rings is 3. The van der Waals surface area contributed by atoms with Crippen molar-refractivity contribution in [2.75, 3.05) is 31.5 Å². The highest BCUT2D eigenvalue weighted by molar-refractivity contribution is 6.22. The summed E-state index contributed by atoms with van der Waals surface area (Å²) in [6.07, 6.45) is -0.264. The van der Waals surface area contributed by atoms with Gasteiger partial charge in [-0.3, -0.25) is 9.59 Å². The molecule has 0 aliphatic carbocycles. The second kappa shape index (κ2) is 11.5. The molecule has 1 saturated heterocycles. The fourth-order valence-electron chi connectivity index (χ4n) is 4.12. The number of anilines is 2. The maximum atomic E-state index is 13.5. The van der Waals surface area contributed by atoms with Gasteiger partial charge in [-0.1, -0.05) is 18.2 Å². The van der Waals surface area contributed by atoms with Gasteiger partial charge in [0.25, 0.3) is 5.91 Å². The van der Waals surface area contributed by atoms with E-state index in [0.717, 1.165) is 10.5 Å². The predicted molar refractivity (Wildman–Crippen MR) is 139 cm³/mol. The number of carbonyl (C=O) groups is 4. The molecule has 3 aromatic carbocycles. The van der Waals surface area contributed by atoms with Crippen molar-refractivity contribution in [3.8, 4) is 11.5 Å². The normalized spacial score (nSPS) is 14.9. The Balaban J connectivity index is 1.57. The third kappa shape index (κ3) is 5.59. The SMILES string of the molecule is COC(=O)c1ccc(NC(=O)C[C@@H]2C(=O)N(c3cccc(OC)c3)C(=O)N2Cc2ccc(OC)cc2)cc1. The van der Waals surface area contributed by atoms with Gasteiger partial charge in [0.05, 0.1) is 39.0 Å². The van der Waals surface area contributed by atoms with Crippen LogP contribution in [0.4, 0.5) is 16.2 Å². The van der Waals surface area contributed by atoms with E-state index in [4.69, 9.17) is 9.47 Å². The van der Waals surface area contributed by atoms with E-state index in [1.54, 1.807) is 67.8 Å². The topological polar surface area (TPSA) is 114 Å². The molecule has 196 valence electrons. The summed E-state index contributed by atoms with van der Waals surface area (Å²) in [6, 6.07) is 18.3. The lowest BCUT2D eigenvalue weighted by atomic mass is 10.1. The Morgan fingerprint density at radius 1 is 0.868 bits per heavy atom. The quantitative estimate of drug-likeness (QED) is 0.339. The van der Waals surface area contributed by atoms with E-state index in [0.29, 0.717) is 28.4 Å².